The SMILES string of the molecule is C1=CC2NC3=C(c4sc5ccccc5c4CC3)C2C=C1. The van der Waals surface area contributed by atoms with Crippen LogP contribution in [0.3, 0.4) is 0 Å². The number of hydrogen-bond donors (Lipinski definition) is 1. The number of fused-ring (bicyclic) bond motifs is 6. The van der Waals surface area contributed by atoms with Crippen molar-refractivity contribution in [3.8, 4) is 0 Å². The predicted molar refractivity (Wildman–Crippen MR) is 85.8 cm³/mol. The maximum Gasteiger partial charge on any atom is 0.0549 e. The summed E-state index contributed by atoms with van der Waals surface area (Å²) in [6.45, 7) is 0. The quantitative estimate of drug-likeness (QED) is 0.758. The standard InChI is InChI=1S/C18H15NS/c1-3-7-14-13(6-1)17-15(19-14)10-9-12-11-5-2-4-8-16(11)20-18(12)17/h1-8,13-14,19H,9-10H2. The fourth-order valence-corrected chi connectivity index (χ4v) is 5.18. The van der Waals surface area contributed by atoms with Gasteiger partial charge < -0.3 is 5.32 Å². The Kier molecular flexibility index (Phi) is 2.11. The summed E-state index contributed by atoms with van der Waals surface area (Å²) in [5.74, 6) is 0.530. The third-order valence-corrected chi connectivity index (χ3v) is 5.95. The average Bonchev–Trinajstić information content (AvgIpc) is 3.04. The zero-order valence-electron chi connectivity index (χ0n) is 11.1. The van der Waals surface area contributed by atoms with E-state index in [-0.39, 0.29) is 0 Å². The minimum atomic E-state index is 0.473. The summed E-state index contributed by atoms with van der Waals surface area (Å²) in [5, 5.41) is 5.20. The van der Waals surface area contributed by atoms with Gasteiger partial charge in [-0.25, -0.2) is 0 Å². The number of hydrogen-bond acceptors (Lipinski definition) is 2. The highest BCUT2D eigenvalue weighted by molar-refractivity contribution is 7.20. The topological polar surface area (TPSA) is 12.0 Å². The number of benzene rings is 1. The van der Waals surface area contributed by atoms with Crippen LogP contribution in [0.1, 0.15) is 16.9 Å². The molecule has 2 aliphatic carbocycles. The van der Waals surface area contributed by atoms with Crippen molar-refractivity contribution in [3.63, 3.8) is 0 Å². The van der Waals surface area contributed by atoms with Crippen molar-refractivity contribution in [2.75, 3.05) is 0 Å². The largest absolute Gasteiger partial charge is 0.381 e. The second kappa shape index (κ2) is 3.86. The molecule has 1 N–H and O–H groups in total. The Bertz CT molecular complexity index is 806. The van der Waals surface area contributed by atoms with E-state index >= 15 is 0 Å². The highest BCUT2D eigenvalue weighted by atomic mass is 32.1. The molecule has 2 atom stereocenters. The first-order valence-electron chi connectivity index (χ1n) is 7.27. The molecule has 3 aliphatic rings. The summed E-state index contributed by atoms with van der Waals surface area (Å²) < 4.78 is 1.44. The van der Waals surface area contributed by atoms with Gasteiger partial charge in [0, 0.05) is 21.2 Å². The van der Waals surface area contributed by atoms with E-state index in [9.17, 15) is 0 Å². The fraction of sp³-hybridized carbons (Fsp3) is 0.222. The monoisotopic (exact) mass is 277 g/mol. The molecular formula is C18H15NS. The Morgan fingerprint density at radius 2 is 1.95 bits per heavy atom. The Balaban J connectivity index is 1.76. The van der Waals surface area contributed by atoms with Gasteiger partial charge in [-0.2, -0.15) is 0 Å². The normalized spacial score (nSPS) is 26.4. The van der Waals surface area contributed by atoms with Crippen LogP contribution < -0.4 is 5.32 Å². The number of nitrogens with one attached hydrogen (secondary N) is 1. The molecule has 0 fully saturated rings. The van der Waals surface area contributed by atoms with Gasteiger partial charge in [-0.3, -0.25) is 0 Å². The van der Waals surface area contributed by atoms with Crippen LogP contribution in [0.5, 0.6) is 0 Å². The number of rotatable bonds is 0. The Labute approximate surface area is 122 Å². The van der Waals surface area contributed by atoms with Crippen molar-refractivity contribution in [2.24, 2.45) is 5.92 Å². The molecule has 2 heterocycles. The number of allylic oxidation sites excluding steroid dienone is 3. The second-order valence-electron chi connectivity index (χ2n) is 5.76. The highest BCUT2D eigenvalue weighted by Crippen LogP contribution is 2.48. The van der Waals surface area contributed by atoms with E-state index in [1.807, 2.05) is 11.3 Å². The molecular weight excluding hydrogens is 262 g/mol. The van der Waals surface area contributed by atoms with Crippen LogP contribution in [0, 0.1) is 5.92 Å². The lowest BCUT2D eigenvalue weighted by Crippen LogP contribution is -2.26. The predicted octanol–water partition coefficient (Wildman–Crippen LogP) is 4.27. The number of thiophene rings is 1. The molecule has 2 heteroatoms. The van der Waals surface area contributed by atoms with Gasteiger partial charge >= 0.3 is 0 Å². The first kappa shape index (κ1) is 10.9. The summed E-state index contributed by atoms with van der Waals surface area (Å²) >= 11 is 1.98. The van der Waals surface area contributed by atoms with E-state index < -0.39 is 0 Å². The highest BCUT2D eigenvalue weighted by Gasteiger charge is 2.37. The second-order valence-corrected chi connectivity index (χ2v) is 6.82. The van der Waals surface area contributed by atoms with Crippen LogP contribution in [0.2, 0.25) is 0 Å². The van der Waals surface area contributed by atoms with E-state index in [1.165, 1.54) is 27.1 Å². The molecule has 2 unspecified atom stereocenters. The van der Waals surface area contributed by atoms with E-state index in [1.54, 1.807) is 11.1 Å². The van der Waals surface area contributed by atoms with Gasteiger partial charge in [0.2, 0.25) is 0 Å². The van der Waals surface area contributed by atoms with Crippen LogP contribution in [0.25, 0.3) is 15.7 Å². The van der Waals surface area contributed by atoms with Crippen molar-refractivity contribution in [2.45, 2.75) is 18.9 Å². The maximum atomic E-state index is 3.73. The maximum absolute atomic E-state index is 3.73. The van der Waals surface area contributed by atoms with Crippen LogP contribution >= 0.6 is 11.3 Å². The van der Waals surface area contributed by atoms with Crippen LogP contribution in [-0.2, 0) is 6.42 Å². The average molecular weight is 277 g/mol. The summed E-state index contributed by atoms with van der Waals surface area (Å²) in [5.41, 5.74) is 4.63. The van der Waals surface area contributed by atoms with Crippen molar-refractivity contribution in [3.05, 3.63) is 64.7 Å². The Hall–Kier alpha value is -1.80. The van der Waals surface area contributed by atoms with Crippen LogP contribution in [0.4, 0.5) is 0 Å². The molecule has 0 amide bonds. The molecule has 2 aromatic rings. The van der Waals surface area contributed by atoms with E-state index in [2.05, 4.69) is 53.9 Å². The molecule has 1 nitrogen and oxygen atoms in total. The third-order valence-electron chi connectivity index (χ3n) is 4.70. The van der Waals surface area contributed by atoms with Crippen molar-refractivity contribution in [1.29, 1.82) is 0 Å². The first-order chi connectivity index (χ1) is 9.92. The zero-order chi connectivity index (χ0) is 13.1. The molecule has 5 rings (SSSR count). The molecule has 20 heavy (non-hydrogen) atoms. The summed E-state index contributed by atoms with van der Waals surface area (Å²) in [4.78, 5) is 1.53. The van der Waals surface area contributed by atoms with Gasteiger partial charge in [-0.05, 0) is 35.4 Å². The molecule has 0 spiro atoms. The minimum absolute atomic E-state index is 0.473. The molecule has 98 valence electrons. The molecule has 1 aromatic carbocycles. The molecule has 0 saturated carbocycles. The molecule has 0 saturated heterocycles. The van der Waals surface area contributed by atoms with Crippen molar-refractivity contribution in [1.82, 2.24) is 5.32 Å². The van der Waals surface area contributed by atoms with Crippen LogP contribution in [-0.4, -0.2) is 6.04 Å². The molecule has 0 bridgehead atoms. The Morgan fingerprint density at radius 3 is 2.95 bits per heavy atom. The van der Waals surface area contributed by atoms with Gasteiger partial charge in [0.25, 0.3) is 0 Å². The van der Waals surface area contributed by atoms with Gasteiger partial charge in [-0.15, -0.1) is 11.3 Å². The van der Waals surface area contributed by atoms with E-state index in [4.69, 9.17) is 0 Å². The van der Waals surface area contributed by atoms with Gasteiger partial charge in [0.15, 0.2) is 0 Å². The van der Waals surface area contributed by atoms with E-state index in [0.717, 1.165) is 6.42 Å². The molecule has 0 radical (unpaired) electrons. The van der Waals surface area contributed by atoms with Gasteiger partial charge in [0.1, 0.15) is 0 Å². The van der Waals surface area contributed by atoms with Crippen LogP contribution in [0.15, 0.2) is 54.3 Å². The smallest absolute Gasteiger partial charge is 0.0549 e. The fourth-order valence-electron chi connectivity index (χ4n) is 3.81. The Morgan fingerprint density at radius 1 is 1.05 bits per heavy atom. The molecule has 1 aromatic heterocycles. The molecule has 1 aliphatic heterocycles. The summed E-state index contributed by atoms with van der Waals surface area (Å²) in [6.07, 6.45) is 11.4. The van der Waals surface area contributed by atoms with Gasteiger partial charge in [0.05, 0.1) is 6.04 Å². The van der Waals surface area contributed by atoms with Gasteiger partial charge in [-0.1, -0.05) is 42.5 Å². The first-order valence-corrected chi connectivity index (χ1v) is 8.09. The lowest BCUT2D eigenvalue weighted by Gasteiger charge is -2.19. The zero-order valence-corrected chi connectivity index (χ0v) is 11.9. The van der Waals surface area contributed by atoms with E-state index in [0.29, 0.717) is 12.0 Å². The van der Waals surface area contributed by atoms with Crippen molar-refractivity contribution >= 4 is 27.0 Å². The summed E-state index contributed by atoms with van der Waals surface area (Å²) in [7, 11) is 0. The summed E-state index contributed by atoms with van der Waals surface area (Å²) in [6, 6.07) is 9.33. The lowest BCUT2D eigenvalue weighted by atomic mass is 9.85. The minimum Gasteiger partial charge on any atom is -0.381 e. The van der Waals surface area contributed by atoms with Crippen molar-refractivity contribution < 1.29 is 0 Å². The number of aryl methyl sites for hydroxylation is 1. The lowest BCUT2D eigenvalue weighted by molar-refractivity contribution is 0.634. The third kappa shape index (κ3) is 1.32.